The fourth-order valence-electron chi connectivity index (χ4n) is 3.09. The highest BCUT2D eigenvalue weighted by atomic mass is 32.2. The van der Waals surface area contributed by atoms with E-state index in [1.807, 2.05) is 0 Å². The summed E-state index contributed by atoms with van der Waals surface area (Å²) < 4.78 is 0.509. The number of rotatable bonds is 2. The molecular weight excluding hydrogens is 216 g/mol. The molecule has 0 aliphatic carbocycles. The minimum Gasteiger partial charge on any atom is -0.327 e. The fourth-order valence-corrected chi connectivity index (χ4v) is 4.41. The third-order valence-corrected chi connectivity index (χ3v) is 6.12. The van der Waals surface area contributed by atoms with Crippen LogP contribution >= 0.6 is 11.8 Å². The van der Waals surface area contributed by atoms with Crippen LogP contribution in [0, 0.1) is 5.92 Å². The van der Waals surface area contributed by atoms with Crippen molar-refractivity contribution in [2.75, 3.05) is 18.8 Å². The van der Waals surface area contributed by atoms with Crippen molar-refractivity contribution < 1.29 is 0 Å². The molecule has 2 nitrogen and oxygen atoms in total. The van der Waals surface area contributed by atoms with E-state index in [0.717, 1.165) is 0 Å². The van der Waals surface area contributed by atoms with E-state index in [9.17, 15) is 0 Å². The first-order chi connectivity index (χ1) is 7.52. The number of likely N-dealkylation sites (tertiary alicyclic amines) is 1. The summed E-state index contributed by atoms with van der Waals surface area (Å²) in [4.78, 5) is 2.67. The molecule has 0 radical (unpaired) electrons. The summed E-state index contributed by atoms with van der Waals surface area (Å²) in [6.45, 7) is 9.56. The summed E-state index contributed by atoms with van der Waals surface area (Å²) in [5.41, 5.74) is 6.14. The zero-order valence-corrected chi connectivity index (χ0v) is 11.7. The molecule has 0 aromatic carbocycles. The Bertz CT molecular complexity index is 238. The van der Waals surface area contributed by atoms with Crippen molar-refractivity contribution in [1.29, 1.82) is 0 Å². The van der Waals surface area contributed by atoms with Crippen molar-refractivity contribution in [2.45, 2.75) is 56.9 Å². The van der Waals surface area contributed by atoms with Crippen LogP contribution in [0.25, 0.3) is 0 Å². The normalized spacial score (nSPS) is 46.1. The smallest absolute Gasteiger partial charge is 0.0259 e. The SMILES string of the molecule is CC1C(N)CCN(CC2(C)CCCS2)C1C. The molecule has 3 heteroatoms. The lowest BCUT2D eigenvalue weighted by atomic mass is 9.87. The third-order valence-electron chi connectivity index (χ3n) is 4.60. The van der Waals surface area contributed by atoms with Crippen molar-refractivity contribution >= 4 is 11.8 Å². The second kappa shape index (κ2) is 4.87. The van der Waals surface area contributed by atoms with Crippen LogP contribution < -0.4 is 5.73 Å². The van der Waals surface area contributed by atoms with Crippen LogP contribution in [-0.4, -0.2) is 40.6 Å². The average molecular weight is 242 g/mol. The Morgan fingerprint density at radius 3 is 2.81 bits per heavy atom. The quantitative estimate of drug-likeness (QED) is 0.806. The Morgan fingerprint density at radius 2 is 2.19 bits per heavy atom. The van der Waals surface area contributed by atoms with Gasteiger partial charge in [-0.15, -0.1) is 0 Å². The van der Waals surface area contributed by atoms with Crippen molar-refractivity contribution in [1.82, 2.24) is 4.90 Å². The van der Waals surface area contributed by atoms with Gasteiger partial charge in [0.25, 0.3) is 0 Å². The van der Waals surface area contributed by atoms with Crippen LogP contribution in [0.5, 0.6) is 0 Å². The number of thioether (sulfide) groups is 1. The van der Waals surface area contributed by atoms with Crippen LogP contribution in [0.3, 0.4) is 0 Å². The maximum atomic E-state index is 6.14. The van der Waals surface area contributed by atoms with Gasteiger partial charge in [-0.3, -0.25) is 4.90 Å². The van der Waals surface area contributed by atoms with E-state index in [-0.39, 0.29) is 0 Å². The van der Waals surface area contributed by atoms with Gasteiger partial charge in [-0.05, 0) is 51.3 Å². The lowest BCUT2D eigenvalue weighted by Gasteiger charge is -2.44. The van der Waals surface area contributed by atoms with E-state index < -0.39 is 0 Å². The second-order valence-corrected chi connectivity index (χ2v) is 7.61. The van der Waals surface area contributed by atoms with Gasteiger partial charge in [0.2, 0.25) is 0 Å². The highest BCUT2D eigenvalue weighted by Gasteiger charge is 2.36. The number of nitrogens with two attached hydrogens (primary N) is 1. The first kappa shape index (κ1) is 12.7. The molecule has 0 aromatic rings. The standard InChI is InChI=1S/C13H26N2S/c1-10-11(2)15(7-5-12(10)14)9-13(3)6-4-8-16-13/h10-12H,4-9,14H2,1-3H3. The van der Waals surface area contributed by atoms with Gasteiger partial charge < -0.3 is 5.73 Å². The van der Waals surface area contributed by atoms with Crippen molar-refractivity contribution in [3.05, 3.63) is 0 Å². The molecule has 2 fully saturated rings. The Labute approximate surface area is 104 Å². The summed E-state index contributed by atoms with van der Waals surface area (Å²) in [6.07, 6.45) is 3.96. The predicted molar refractivity (Wildman–Crippen MR) is 72.9 cm³/mol. The second-order valence-electron chi connectivity index (χ2n) is 5.92. The molecule has 94 valence electrons. The van der Waals surface area contributed by atoms with Crippen LogP contribution in [-0.2, 0) is 0 Å². The molecule has 16 heavy (non-hydrogen) atoms. The Hall–Kier alpha value is 0.270. The molecule has 0 aromatic heterocycles. The molecule has 2 heterocycles. The molecule has 0 amide bonds. The monoisotopic (exact) mass is 242 g/mol. The van der Waals surface area contributed by atoms with Gasteiger partial charge in [-0.1, -0.05) is 6.92 Å². The zero-order valence-electron chi connectivity index (χ0n) is 10.9. The maximum absolute atomic E-state index is 6.14. The molecule has 2 aliphatic heterocycles. The minimum absolute atomic E-state index is 0.412. The highest BCUT2D eigenvalue weighted by molar-refractivity contribution is 8.00. The molecule has 2 aliphatic rings. The van der Waals surface area contributed by atoms with Crippen molar-refractivity contribution in [2.24, 2.45) is 11.7 Å². The predicted octanol–water partition coefficient (Wildman–Crippen LogP) is 2.33. The number of hydrogen-bond acceptors (Lipinski definition) is 3. The number of hydrogen-bond donors (Lipinski definition) is 1. The summed E-state index contributed by atoms with van der Waals surface area (Å²) in [6, 6.07) is 1.07. The van der Waals surface area contributed by atoms with E-state index in [4.69, 9.17) is 5.73 Å². The van der Waals surface area contributed by atoms with Crippen molar-refractivity contribution in [3.63, 3.8) is 0 Å². The summed E-state index contributed by atoms with van der Waals surface area (Å²) in [7, 11) is 0. The van der Waals surface area contributed by atoms with Gasteiger partial charge >= 0.3 is 0 Å². The van der Waals surface area contributed by atoms with Crippen LogP contribution in [0.1, 0.15) is 40.0 Å². The van der Waals surface area contributed by atoms with E-state index >= 15 is 0 Å². The molecule has 2 saturated heterocycles. The van der Waals surface area contributed by atoms with Gasteiger partial charge in [-0.2, -0.15) is 11.8 Å². The minimum atomic E-state index is 0.412. The Kier molecular flexibility index (Phi) is 3.87. The molecule has 4 atom stereocenters. The van der Waals surface area contributed by atoms with Crippen LogP contribution in [0.4, 0.5) is 0 Å². The largest absolute Gasteiger partial charge is 0.327 e. The summed E-state index contributed by atoms with van der Waals surface area (Å²) in [5, 5.41) is 0. The molecule has 0 saturated carbocycles. The topological polar surface area (TPSA) is 29.3 Å². The van der Waals surface area contributed by atoms with E-state index in [0.29, 0.717) is 22.7 Å². The number of piperidine rings is 1. The third kappa shape index (κ3) is 2.57. The van der Waals surface area contributed by atoms with E-state index in [2.05, 4.69) is 37.4 Å². The Balaban J connectivity index is 1.94. The lowest BCUT2D eigenvalue weighted by Crippen LogP contribution is -2.54. The fraction of sp³-hybridized carbons (Fsp3) is 1.00. The van der Waals surface area contributed by atoms with Gasteiger partial charge in [-0.25, -0.2) is 0 Å². The van der Waals surface area contributed by atoms with Crippen LogP contribution in [0.15, 0.2) is 0 Å². The molecular formula is C13H26N2S. The van der Waals surface area contributed by atoms with Crippen LogP contribution in [0.2, 0.25) is 0 Å². The van der Waals surface area contributed by atoms with Crippen molar-refractivity contribution in [3.8, 4) is 0 Å². The summed E-state index contributed by atoms with van der Waals surface area (Å²) >= 11 is 2.17. The summed E-state index contributed by atoms with van der Waals surface area (Å²) in [5.74, 6) is 2.00. The van der Waals surface area contributed by atoms with Gasteiger partial charge in [0.1, 0.15) is 0 Å². The first-order valence-electron chi connectivity index (χ1n) is 6.65. The maximum Gasteiger partial charge on any atom is 0.0259 e. The average Bonchev–Trinajstić information content (AvgIpc) is 2.67. The first-order valence-corrected chi connectivity index (χ1v) is 7.64. The lowest BCUT2D eigenvalue weighted by molar-refractivity contribution is 0.0889. The molecule has 0 bridgehead atoms. The molecule has 2 N–H and O–H groups in total. The highest BCUT2D eigenvalue weighted by Crippen LogP contribution is 2.39. The van der Waals surface area contributed by atoms with E-state index in [1.54, 1.807) is 0 Å². The molecule has 4 unspecified atom stereocenters. The molecule has 0 spiro atoms. The van der Waals surface area contributed by atoms with Gasteiger partial charge in [0, 0.05) is 23.4 Å². The van der Waals surface area contributed by atoms with Gasteiger partial charge in [0.15, 0.2) is 0 Å². The zero-order chi connectivity index (χ0) is 11.8. The number of nitrogens with zero attached hydrogens (tertiary/aromatic N) is 1. The Morgan fingerprint density at radius 1 is 1.44 bits per heavy atom. The van der Waals surface area contributed by atoms with E-state index in [1.165, 1.54) is 38.1 Å². The molecule has 2 rings (SSSR count). The van der Waals surface area contributed by atoms with Gasteiger partial charge in [0.05, 0.1) is 0 Å².